The lowest BCUT2D eigenvalue weighted by Gasteiger charge is -2.37. The molecule has 3 heterocycles. The molecule has 1 N–H and O–H groups in total. The topological polar surface area (TPSA) is 146 Å². The number of carbonyl (C=O) groups is 3. The van der Waals surface area contributed by atoms with E-state index in [4.69, 9.17) is 42.6 Å². The molecule has 0 fully saturated rings. The zero-order valence-corrected chi connectivity index (χ0v) is 84.0. The summed E-state index contributed by atoms with van der Waals surface area (Å²) in [7, 11) is 1.39. The lowest BCUT2D eigenvalue weighted by atomic mass is 9.85. The number of benzene rings is 6. The van der Waals surface area contributed by atoms with Crippen molar-refractivity contribution in [2.45, 2.75) is 420 Å². The zero-order valence-electron chi connectivity index (χ0n) is 84.0. The summed E-state index contributed by atoms with van der Waals surface area (Å²) < 4.78 is 54.5. The highest BCUT2D eigenvalue weighted by atomic mass is 16.6. The highest BCUT2D eigenvalue weighted by Gasteiger charge is 2.37. The van der Waals surface area contributed by atoms with Crippen molar-refractivity contribution in [1.82, 2.24) is 0 Å². The summed E-state index contributed by atoms with van der Waals surface area (Å²) in [6.07, 6.45) is 41.0. The summed E-state index contributed by atoms with van der Waals surface area (Å²) in [6, 6.07) is 28.7. The third-order valence-corrected chi connectivity index (χ3v) is 27.0. The fourth-order valence-electron chi connectivity index (χ4n) is 18.9. The van der Waals surface area contributed by atoms with Gasteiger partial charge in [0, 0.05) is 22.4 Å². The van der Waals surface area contributed by atoms with Crippen molar-refractivity contribution in [1.29, 1.82) is 0 Å². The van der Waals surface area contributed by atoms with Crippen LogP contribution >= 0.6 is 0 Å². The third kappa shape index (κ3) is 36.3. The monoisotopic (exact) mass is 1740 g/mol. The Balaban J connectivity index is 0.000000259. The van der Waals surface area contributed by atoms with Gasteiger partial charge in [0.25, 0.3) is 0 Å². The molecule has 3 aliphatic rings. The average Bonchev–Trinajstić information content (AvgIpc) is 0.781. The zero-order chi connectivity index (χ0) is 92.4. The predicted octanol–water partition coefficient (Wildman–Crippen LogP) is 33.1. The summed E-state index contributed by atoms with van der Waals surface area (Å²) in [5.41, 5.74) is 12.0. The van der Waals surface area contributed by atoms with Crippen LogP contribution in [-0.4, -0.2) is 54.2 Å². The van der Waals surface area contributed by atoms with E-state index in [2.05, 4.69) is 169 Å². The number of hydrogen-bond acceptors (Lipinski definition) is 12. The molecule has 9 unspecified atom stereocenters. The van der Waals surface area contributed by atoms with E-state index in [0.29, 0.717) is 17.0 Å². The quantitative estimate of drug-likeness (QED) is 0.0286. The normalized spacial score (nSPS) is 17.9. The molecule has 6 aromatic carbocycles. The van der Waals surface area contributed by atoms with Gasteiger partial charge in [-0.2, -0.15) is 0 Å². The SMILES string of the molecule is COC(=O)c1cccc(Oc2c(C)cc3c(c2C)CCC(C)(CCCC(C)CCCC(C)CCCC(C)C)O3)c1.Cc1cc2c(c(C)c1Oc1ccc(NC(=O)OC(C)C)cc1)CCC(C)(CCCC(C)CCCC(C)CCCC(C)C)O2.Cc1cc2c(c(C)c1Oc1cccc(CC(=O)OC(C)C)c1)CCC(C)(CCCC(C)CCCC(C)CCCC(C)C)O2. The average molecular weight is 1740 g/mol. The van der Waals surface area contributed by atoms with Gasteiger partial charge in [-0.05, 0) is 332 Å². The Labute approximate surface area is 766 Å². The van der Waals surface area contributed by atoms with Crippen LogP contribution in [0.3, 0.4) is 0 Å². The Kier molecular flexibility index (Phi) is 43.7. The molecule has 0 aliphatic carbocycles. The van der Waals surface area contributed by atoms with Gasteiger partial charge in [0.1, 0.15) is 68.5 Å². The number of ether oxygens (including phenoxy) is 9. The third-order valence-electron chi connectivity index (χ3n) is 27.0. The molecule has 0 radical (unpaired) electrons. The van der Waals surface area contributed by atoms with E-state index < -0.39 is 6.09 Å². The molecule has 0 saturated carbocycles. The second-order valence-electron chi connectivity index (χ2n) is 41.9. The number of carbonyl (C=O) groups excluding carboxylic acids is 3. The summed E-state index contributed by atoms with van der Waals surface area (Å²) in [5.74, 6) is 14.6. The highest BCUT2D eigenvalue weighted by molar-refractivity contribution is 5.89. The molecule has 13 nitrogen and oxygen atoms in total. The van der Waals surface area contributed by atoms with Gasteiger partial charge in [-0.3, -0.25) is 10.1 Å². The second kappa shape index (κ2) is 52.2. The van der Waals surface area contributed by atoms with E-state index in [0.717, 1.165) is 196 Å². The summed E-state index contributed by atoms with van der Waals surface area (Å²) in [6.45, 7) is 55.5. The maximum Gasteiger partial charge on any atom is 0.411 e. The number of methoxy groups -OCH3 is 1. The molecule has 6 aromatic rings. The second-order valence-corrected chi connectivity index (χ2v) is 41.9. The smallest absolute Gasteiger partial charge is 0.411 e. The van der Waals surface area contributed by atoms with Gasteiger partial charge in [0.2, 0.25) is 0 Å². The molecule has 0 bridgehead atoms. The largest absolute Gasteiger partial charge is 0.487 e. The maximum atomic E-state index is 12.1. The molecule has 0 aromatic heterocycles. The van der Waals surface area contributed by atoms with Crippen molar-refractivity contribution in [2.24, 2.45) is 53.3 Å². The number of esters is 2. The minimum absolute atomic E-state index is 0.113. The van der Waals surface area contributed by atoms with Crippen molar-refractivity contribution in [3.8, 4) is 51.7 Å². The number of nitrogens with one attached hydrogen (secondary N) is 1. The van der Waals surface area contributed by atoms with Gasteiger partial charge < -0.3 is 42.6 Å². The summed E-state index contributed by atoms with van der Waals surface area (Å²) in [4.78, 5) is 36.0. The molecule has 9 rings (SSSR count). The first-order valence-electron chi connectivity index (χ1n) is 49.8. The predicted molar refractivity (Wildman–Crippen MR) is 525 cm³/mol. The minimum atomic E-state index is -0.459. The molecule has 1 amide bonds. The molecule has 3 aliphatic heterocycles. The van der Waals surface area contributed by atoms with Crippen LogP contribution in [0.15, 0.2) is 91.0 Å². The Hall–Kier alpha value is -7.67. The van der Waals surface area contributed by atoms with Crippen LogP contribution in [0.5, 0.6) is 51.7 Å². The molecule has 13 heteroatoms. The van der Waals surface area contributed by atoms with Crippen molar-refractivity contribution in [2.75, 3.05) is 12.4 Å². The number of anilines is 1. The standard InChI is InChI=1S/C39H60O4.C38H59NO4.C36H54O4/c1-27(2)14-10-15-29(5)16-11-17-30(6)18-13-22-39(9)23-21-35-32(8)38(31(7)24-36(35)43-39)42-34-20-12-19-33(25-34)26-37(40)41-28(3)4;1-26(2)13-10-14-28(5)15-11-16-29(6)17-12-23-38(9)24-22-34-31(8)36(30(7)25-35(34)43-38)42-33-20-18-32(19-21-33)39-37(40)41-27(3)4;1-25(2)13-9-14-26(3)15-10-16-27(4)17-12-21-36(7)22-20-32-29(6)34(28(5)23-33(32)40-36)39-31-19-11-18-30(24-31)35(37)38-8/h12,19-20,24-25,27-30H,10-11,13-18,21-23,26H2,1-9H3;18-21,25-29H,10-17,22-24H2,1-9H3,(H,39,40);11,18-19,23-27H,9-10,12-17,20-22H2,1-8H3. The van der Waals surface area contributed by atoms with Crippen molar-refractivity contribution in [3.05, 3.63) is 152 Å². The van der Waals surface area contributed by atoms with E-state index in [1.165, 1.54) is 178 Å². The van der Waals surface area contributed by atoms with Gasteiger partial charge in [-0.15, -0.1) is 0 Å². The van der Waals surface area contributed by atoms with Crippen LogP contribution in [0.1, 0.15) is 390 Å². The van der Waals surface area contributed by atoms with Crippen molar-refractivity contribution in [3.63, 3.8) is 0 Å². The van der Waals surface area contributed by atoms with Crippen LogP contribution in [0.4, 0.5) is 10.5 Å². The summed E-state index contributed by atoms with van der Waals surface area (Å²) in [5, 5.41) is 2.74. The van der Waals surface area contributed by atoms with Gasteiger partial charge in [0.05, 0.1) is 31.3 Å². The molecule has 126 heavy (non-hydrogen) atoms. The Morgan fingerprint density at radius 3 is 1.02 bits per heavy atom. The number of fused-ring (bicyclic) bond motifs is 3. The maximum absolute atomic E-state index is 12.1. The molecular weight excluding hydrogens is 1560 g/mol. The summed E-state index contributed by atoms with van der Waals surface area (Å²) >= 11 is 0. The van der Waals surface area contributed by atoms with Gasteiger partial charge in [0.15, 0.2) is 0 Å². The van der Waals surface area contributed by atoms with E-state index in [1.807, 2.05) is 88.4 Å². The van der Waals surface area contributed by atoms with Gasteiger partial charge in [-0.25, -0.2) is 9.59 Å². The van der Waals surface area contributed by atoms with Crippen LogP contribution in [0.25, 0.3) is 0 Å². The molecule has 702 valence electrons. The Morgan fingerprint density at radius 2 is 0.690 bits per heavy atom. The first-order valence-corrected chi connectivity index (χ1v) is 49.8. The molecular formula is C113H173NO12. The van der Waals surface area contributed by atoms with Crippen LogP contribution in [-0.2, 0) is 44.7 Å². The van der Waals surface area contributed by atoms with E-state index >= 15 is 0 Å². The molecule has 0 saturated heterocycles. The minimum Gasteiger partial charge on any atom is -0.487 e. The van der Waals surface area contributed by atoms with Crippen molar-refractivity contribution < 1.29 is 57.0 Å². The first kappa shape index (κ1) is 105. The molecule has 0 spiro atoms. The first-order chi connectivity index (χ1) is 59.7. The lowest BCUT2D eigenvalue weighted by molar-refractivity contribution is -0.146. The Morgan fingerprint density at radius 1 is 0.373 bits per heavy atom. The fraction of sp³-hybridized carbons (Fsp3) is 0.655. The number of hydrogen-bond donors (Lipinski definition) is 1. The van der Waals surface area contributed by atoms with Crippen LogP contribution in [0.2, 0.25) is 0 Å². The van der Waals surface area contributed by atoms with Gasteiger partial charge >= 0.3 is 18.0 Å². The van der Waals surface area contributed by atoms with Crippen LogP contribution in [0, 0.1) is 94.8 Å². The van der Waals surface area contributed by atoms with Crippen LogP contribution < -0.4 is 33.7 Å². The van der Waals surface area contributed by atoms with E-state index in [9.17, 15) is 14.4 Å². The van der Waals surface area contributed by atoms with Gasteiger partial charge in [-0.1, -0.05) is 236 Å². The Bertz CT molecular complexity index is 4280. The number of rotatable bonds is 48. The number of aryl methyl sites for hydroxylation is 3. The van der Waals surface area contributed by atoms with E-state index in [-0.39, 0.29) is 47.4 Å². The van der Waals surface area contributed by atoms with E-state index in [1.54, 1.807) is 12.1 Å². The van der Waals surface area contributed by atoms with Crippen molar-refractivity contribution >= 4 is 23.7 Å². The highest BCUT2D eigenvalue weighted by Crippen LogP contribution is 2.48. The lowest BCUT2D eigenvalue weighted by Crippen LogP contribution is -2.36. The molecule has 9 atom stereocenters. The fourth-order valence-corrected chi connectivity index (χ4v) is 18.9. The number of amides is 1.